The predicted molar refractivity (Wildman–Crippen MR) is 124 cm³/mol. The van der Waals surface area contributed by atoms with Crippen LogP contribution < -0.4 is 5.56 Å². The number of rotatable bonds is 7. The minimum atomic E-state index is -0.131. The van der Waals surface area contributed by atoms with Crippen molar-refractivity contribution in [3.63, 3.8) is 0 Å². The van der Waals surface area contributed by atoms with Crippen molar-refractivity contribution in [2.75, 3.05) is 32.8 Å². The van der Waals surface area contributed by atoms with Gasteiger partial charge in [0.1, 0.15) is 0 Å². The molecule has 33 heavy (non-hydrogen) atoms. The predicted octanol–water partition coefficient (Wildman–Crippen LogP) is 1.94. The summed E-state index contributed by atoms with van der Waals surface area (Å²) >= 11 is 0. The number of nitrogens with zero attached hydrogens (tertiary/aromatic N) is 7. The second kappa shape index (κ2) is 9.85. The lowest BCUT2D eigenvalue weighted by Gasteiger charge is -2.26. The van der Waals surface area contributed by atoms with E-state index in [-0.39, 0.29) is 5.56 Å². The van der Waals surface area contributed by atoms with E-state index < -0.39 is 0 Å². The second-order valence-corrected chi connectivity index (χ2v) is 7.96. The van der Waals surface area contributed by atoms with Gasteiger partial charge in [-0.1, -0.05) is 18.2 Å². The van der Waals surface area contributed by atoms with Gasteiger partial charge in [-0.05, 0) is 17.7 Å². The average molecular weight is 444 g/mol. The van der Waals surface area contributed by atoms with Crippen LogP contribution in [0.5, 0.6) is 0 Å². The highest BCUT2D eigenvalue weighted by molar-refractivity contribution is 5.62. The summed E-state index contributed by atoms with van der Waals surface area (Å²) in [6.45, 7) is 5.75. The number of aromatic nitrogens is 6. The third kappa shape index (κ3) is 5.21. The van der Waals surface area contributed by atoms with Crippen molar-refractivity contribution in [2.45, 2.75) is 13.1 Å². The molecule has 4 aromatic rings. The average Bonchev–Trinajstić information content (AvgIpc) is 3.34. The van der Waals surface area contributed by atoms with E-state index >= 15 is 0 Å². The van der Waals surface area contributed by atoms with Gasteiger partial charge in [0.2, 0.25) is 0 Å². The number of hydrogen-bond acceptors (Lipinski definition) is 7. The van der Waals surface area contributed by atoms with Gasteiger partial charge >= 0.3 is 0 Å². The maximum Gasteiger partial charge on any atom is 0.267 e. The molecule has 4 heterocycles. The molecule has 0 bridgehead atoms. The summed E-state index contributed by atoms with van der Waals surface area (Å²) in [5.74, 6) is 0.633. The van der Waals surface area contributed by atoms with Crippen molar-refractivity contribution in [1.82, 2.24) is 34.4 Å². The Labute approximate surface area is 191 Å². The van der Waals surface area contributed by atoms with Gasteiger partial charge in [0.25, 0.3) is 5.56 Å². The number of ether oxygens (including phenoxy) is 1. The summed E-state index contributed by atoms with van der Waals surface area (Å²) < 4.78 is 8.79. The lowest BCUT2D eigenvalue weighted by molar-refractivity contribution is 0.0360. The maximum absolute atomic E-state index is 11.9. The van der Waals surface area contributed by atoms with Crippen molar-refractivity contribution in [3.8, 4) is 22.5 Å². The first-order valence-electron chi connectivity index (χ1n) is 11.0. The molecule has 0 unspecified atom stereocenters. The molecular weight excluding hydrogens is 418 g/mol. The van der Waals surface area contributed by atoms with Crippen LogP contribution in [0.1, 0.15) is 5.56 Å². The van der Waals surface area contributed by atoms with E-state index in [0.717, 1.165) is 61.6 Å². The molecule has 0 saturated carbocycles. The molecular formula is C24H25N7O2. The molecule has 0 N–H and O–H groups in total. The van der Waals surface area contributed by atoms with Crippen LogP contribution in [0, 0.1) is 0 Å². The van der Waals surface area contributed by atoms with Gasteiger partial charge in [-0.2, -0.15) is 10.2 Å². The minimum Gasteiger partial charge on any atom is -0.379 e. The van der Waals surface area contributed by atoms with E-state index in [4.69, 9.17) is 4.74 Å². The van der Waals surface area contributed by atoms with Crippen molar-refractivity contribution >= 4 is 0 Å². The van der Waals surface area contributed by atoms with Crippen LogP contribution in [0.25, 0.3) is 22.5 Å². The van der Waals surface area contributed by atoms with E-state index in [9.17, 15) is 4.79 Å². The lowest BCUT2D eigenvalue weighted by atomic mass is 10.1. The van der Waals surface area contributed by atoms with Crippen molar-refractivity contribution < 1.29 is 4.74 Å². The molecule has 3 aromatic heterocycles. The molecule has 0 atom stereocenters. The van der Waals surface area contributed by atoms with Crippen LogP contribution in [0.3, 0.4) is 0 Å². The second-order valence-electron chi connectivity index (χ2n) is 7.96. The van der Waals surface area contributed by atoms with E-state index in [1.54, 1.807) is 12.3 Å². The molecule has 1 saturated heterocycles. The van der Waals surface area contributed by atoms with Crippen LogP contribution in [0.4, 0.5) is 0 Å². The largest absolute Gasteiger partial charge is 0.379 e. The fourth-order valence-corrected chi connectivity index (χ4v) is 3.82. The summed E-state index contributed by atoms with van der Waals surface area (Å²) in [5, 5.41) is 8.61. The van der Waals surface area contributed by atoms with Crippen LogP contribution in [0.15, 0.2) is 72.2 Å². The molecule has 0 amide bonds. The van der Waals surface area contributed by atoms with Crippen LogP contribution in [-0.2, 0) is 17.8 Å². The Morgan fingerprint density at radius 3 is 2.55 bits per heavy atom. The summed E-state index contributed by atoms with van der Waals surface area (Å²) in [5.41, 5.74) is 3.64. The Balaban J connectivity index is 1.26. The van der Waals surface area contributed by atoms with Gasteiger partial charge in [0, 0.05) is 67.2 Å². The monoisotopic (exact) mass is 443 g/mol. The van der Waals surface area contributed by atoms with Crippen LogP contribution in [0.2, 0.25) is 0 Å². The summed E-state index contributed by atoms with van der Waals surface area (Å²) in [6, 6.07) is 11.0. The number of benzene rings is 1. The Morgan fingerprint density at radius 2 is 1.73 bits per heavy atom. The van der Waals surface area contributed by atoms with Gasteiger partial charge in [-0.15, -0.1) is 0 Å². The van der Waals surface area contributed by atoms with Gasteiger partial charge in [0.05, 0.1) is 32.5 Å². The zero-order valence-corrected chi connectivity index (χ0v) is 18.2. The first-order valence-corrected chi connectivity index (χ1v) is 11.0. The standard InChI is InChI=1S/C24H25N7O2/c32-23-5-2-6-27-31(23)17-19-3-1-4-20(13-19)24-25-14-21(15-26-24)22-16-28-30(18-22)8-7-29-9-11-33-12-10-29/h1-6,13-16,18H,7-12,17H2. The van der Waals surface area contributed by atoms with Gasteiger partial charge in [0.15, 0.2) is 5.82 Å². The SMILES string of the molecule is O=c1cccnn1Cc1cccc(-c2ncc(-c3cnn(CCN4CCOCC4)c3)cn2)c1. The fourth-order valence-electron chi connectivity index (χ4n) is 3.82. The van der Waals surface area contributed by atoms with E-state index in [1.807, 2.05) is 53.7 Å². The number of hydrogen-bond donors (Lipinski definition) is 0. The molecule has 1 fully saturated rings. The van der Waals surface area contributed by atoms with Crippen molar-refractivity contribution in [2.24, 2.45) is 0 Å². The molecule has 9 nitrogen and oxygen atoms in total. The lowest BCUT2D eigenvalue weighted by Crippen LogP contribution is -2.38. The molecule has 0 radical (unpaired) electrons. The summed E-state index contributed by atoms with van der Waals surface area (Å²) in [4.78, 5) is 23.5. The topological polar surface area (TPSA) is 91.0 Å². The molecule has 0 aliphatic carbocycles. The van der Waals surface area contributed by atoms with Gasteiger partial charge in [-0.25, -0.2) is 14.6 Å². The minimum absolute atomic E-state index is 0.131. The third-order valence-corrected chi connectivity index (χ3v) is 5.67. The molecule has 5 rings (SSSR count). The van der Waals surface area contributed by atoms with Crippen LogP contribution in [-0.4, -0.2) is 67.3 Å². The van der Waals surface area contributed by atoms with Gasteiger partial charge < -0.3 is 4.74 Å². The Morgan fingerprint density at radius 1 is 0.879 bits per heavy atom. The highest BCUT2D eigenvalue weighted by Gasteiger charge is 2.11. The van der Waals surface area contributed by atoms with Gasteiger partial charge in [-0.3, -0.25) is 14.4 Å². The number of morpholine rings is 1. The fraction of sp³-hybridized carbons (Fsp3) is 0.292. The normalized spacial score (nSPS) is 14.4. The first-order chi connectivity index (χ1) is 16.2. The third-order valence-electron chi connectivity index (χ3n) is 5.67. The van der Waals surface area contributed by atoms with E-state index in [1.165, 1.54) is 10.7 Å². The summed E-state index contributed by atoms with van der Waals surface area (Å²) in [6.07, 6.45) is 9.13. The maximum atomic E-state index is 11.9. The Hall–Kier alpha value is -3.69. The van der Waals surface area contributed by atoms with E-state index in [2.05, 4.69) is 25.1 Å². The molecule has 168 valence electrons. The molecule has 1 aromatic carbocycles. The summed E-state index contributed by atoms with van der Waals surface area (Å²) in [7, 11) is 0. The molecule has 1 aliphatic heterocycles. The first kappa shape index (κ1) is 21.2. The molecule has 9 heteroatoms. The quantitative estimate of drug-likeness (QED) is 0.431. The highest BCUT2D eigenvalue weighted by Crippen LogP contribution is 2.21. The van der Waals surface area contributed by atoms with E-state index in [0.29, 0.717) is 12.4 Å². The molecule has 1 aliphatic rings. The van der Waals surface area contributed by atoms with Crippen LogP contribution >= 0.6 is 0 Å². The highest BCUT2D eigenvalue weighted by atomic mass is 16.5. The Bertz CT molecular complexity index is 1260. The Kier molecular flexibility index (Phi) is 6.32. The smallest absolute Gasteiger partial charge is 0.267 e. The zero-order valence-electron chi connectivity index (χ0n) is 18.2. The zero-order chi connectivity index (χ0) is 22.5. The van der Waals surface area contributed by atoms with Crippen molar-refractivity contribution in [1.29, 1.82) is 0 Å². The molecule has 0 spiro atoms. The van der Waals surface area contributed by atoms with Crippen molar-refractivity contribution in [3.05, 3.63) is 83.3 Å².